The highest BCUT2D eigenvalue weighted by atomic mass is 16.5. The number of fused-ring (bicyclic) bond motifs is 1. The van der Waals surface area contributed by atoms with Crippen molar-refractivity contribution in [2.45, 2.75) is 26.8 Å². The molecule has 0 fully saturated rings. The molecule has 0 spiro atoms. The molecule has 2 aromatic rings. The summed E-state index contributed by atoms with van der Waals surface area (Å²) < 4.78 is 5.52. The van der Waals surface area contributed by atoms with E-state index in [2.05, 4.69) is 55.6 Å². The molecule has 0 saturated heterocycles. The Morgan fingerprint density at radius 3 is 2.79 bits per heavy atom. The fourth-order valence-corrected chi connectivity index (χ4v) is 2.41. The number of anilines is 1. The van der Waals surface area contributed by atoms with Gasteiger partial charge in [0.1, 0.15) is 5.75 Å². The Hall–Kier alpha value is -1.96. The summed E-state index contributed by atoms with van der Waals surface area (Å²) >= 11 is 0. The molecule has 3 rings (SSSR count). The van der Waals surface area contributed by atoms with Crippen molar-refractivity contribution in [1.29, 1.82) is 0 Å². The normalized spacial score (nSPS) is 12.9. The fraction of sp³-hybridized carbons (Fsp3) is 0.294. The van der Waals surface area contributed by atoms with Crippen LogP contribution in [-0.4, -0.2) is 6.61 Å². The van der Waals surface area contributed by atoms with E-state index in [-0.39, 0.29) is 0 Å². The van der Waals surface area contributed by atoms with Gasteiger partial charge in [0.05, 0.1) is 6.61 Å². The van der Waals surface area contributed by atoms with Crippen molar-refractivity contribution in [2.75, 3.05) is 11.9 Å². The van der Waals surface area contributed by atoms with Gasteiger partial charge in [-0.1, -0.05) is 18.2 Å². The van der Waals surface area contributed by atoms with Crippen LogP contribution in [-0.2, 0) is 13.0 Å². The molecule has 0 amide bonds. The molecule has 0 unspecified atom stereocenters. The lowest BCUT2D eigenvalue weighted by Crippen LogP contribution is -2.00. The Bertz CT molecular complexity index is 604. The lowest BCUT2D eigenvalue weighted by atomic mass is 10.1. The van der Waals surface area contributed by atoms with Gasteiger partial charge in [0.25, 0.3) is 0 Å². The van der Waals surface area contributed by atoms with Gasteiger partial charge in [-0.05, 0) is 54.3 Å². The van der Waals surface area contributed by atoms with Crippen molar-refractivity contribution < 1.29 is 4.74 Å². The van der Waals surface area contributed by atoms with E-state index >= 15 is 0 Å². The number of hydrogen-bond donors (Lipinski definition) is 1. The average Bonchev–Trinajstić information content (AvgIpc) is 2.87. The Morgan fingerprint density at radius 1 is 1.05 bits per heavy atom. The van der Waals surface area contributed by atoms with Crippen LogP contribution in [0.2, 0.25) is 0 Å². The molecule has 0 radical (unpaired) electrons. The Kier molecular flexibility index (Phi) is 3.16. The van der Waals surface area contributed by atoms with Crippen LogP contribution in [0.4, 0.5) is 5.69 Å². The van der Waals surface area contributed by atoms with E-state index in [1.807, 2.05) is 0 Å². The molecular formula is C17H19NO. The molecule has 2 aromatic carbocycles. The van der Waals surface area contributed by atoms with Crippen molar-refractivity contribution in [3.63, 3.8) is 0 Å². The molecule has 0 bridgehead atoms. The van der Waals surface area contributed by atoms with Crippen LogP contribution in [0.15, 0.2) is 36.4 Å². The highest BCUT2D eigenvalue weighted by molar-refractivity contribution is 5.52. The van der Waals surface area contributed by atoms with Crippen LogP contribution in [0.3, 0.4) is 0 Å². The van der Waals surface area contributed by atoms with Crippen molar-refractivity contribution in [1.82, 2.24) is 0 Å². The zero-order valence-electron chi connectivity index (χ0n) is 11.5. The second-order valence-electron chi connectivity index (χ2n) is 5.19. The SMILES string of the molecule is Cc1ccc(CNc2ccc3c(c2)CCO3)cc1C. The third-order valence-electron chi connectivity index (χ3n) is 3.76. The van der Waals surface area contributed by atoms with E-state index in [0.29, 0.717) is 0 Å². The minimum absolute atomic E-state index is 0.815. The monoisotopic (exact) mass is 253 g/mol. The molecule has 0 aliphatic carbocycles. The van der Waals surface area contributed by atoms with Crippen molar-refractivity contribution in [2.24, 2.45) is 0 Å². The molecule has 1 aliphatic rings. The number of nitrogens with one attached hydrogen (secondary N) is 1. The van der Waals surface area contributed by atoms with Crippen LogP contribution < -0.4 is 10.1 Å². The van der Waals surface area contributed by atoms with E-state index in [1.54, 1.807) is 0 Å². The predicted molar refractivity (Wildman–Crippen MR) is 78.9 cm³/mol. The first-order valence-electron chi connectivity index (χ1n) is 6.78. The van der Waals surface area contributed by atoms with Crippen LogP contribution in [0.1, 0.15) is 22.3 Å². The van der Waals surface area contributed by atoms with E-state index in [0.717, 1.165) is 25.3 Å². The highest BCUT2D eigenvalue weighted by Gasteiger charge is 2.11. The largest absolute Gasteiger partial charge is 0.493 e. The van der Waals surface area contributed by atoms with E-state index in [1.165, 1.54) is 27.9 Å². The Balaban J connectivity index is 1.70. The maximum absolute atomic E-state index is 5.52. The summed E-state index contributed by atoms with van der Waals surface area (Å²) in [5.74, 6) is 1.04. The first kappa shape index (κ1) is 12.1. The molecule has 0 saturated carbocycles. The zero-order valence-corrected chi connectivity index (χ0v) is 11.5. The minimum atomic E-state index is 0.815. The molecular weight excluding hydrogens is 234 g/mol. The van der Waals surface area contributed by atoms with Gasteiger partial charge in [-0.15, -0.1) is 0 Å². The van der Waals surface area contributed by atoms with Gasteiger partial charge < -0.3 is 10.1 Å². The quantitative estimate of drug-likeness (QED) is 0.897. The fourth-order valence-electron chi connectivity index (χ4n) is 2.41. The number of ether oxygens (including phenoxy) is 1. The molecule has 0 atom stereocenters. The third-order valence-corrected chi connectivity index (χ3v) is 3.76. The van der Waals surface area contributed by atoms with Crippen molar-refractivity contribution in [3.8, 4) is 5.75 Å². The number of hydrogen-bond acceptors (Lipinski definition) is 2. The van der Waals surface area contributed by atoms with Gasteiger partial charge in [-0.2, -0.15) is 0 Å². The molecule has 2 heteroatoms. The highest BCUT2D eigenvalue weighted by Crippen LogP contribution is 2.28. The molecule has 1 N–H and O–H groups in total. The number of aryl methyl sites for hydroxylation is 2. The van der Waals surface area contributed by atoms with Gasteiger partial charge in [0, 0.05) is 18.7 Å². The van der Waals surface area contributed by atoms with Crippen LogP contribution in [0, 0.1) is 13.8 Å². The lowest BCUT2D eigenvalue weighted by Gasteiger charge is -2.09. The maximum Gasteiger partial charge on any atom is 0.122 e. The van der Waals surface area contributed by atoms with E-state index < -0.39 is 0 Å². The molecule has 0 aromatic heterocycles. The smallest absolute Gasteiger partial charge is 0.122 e. The minimum Gasteiger partial charge on any atom is -0.493 e. The summed E-state index contributed by atoms with van der Waals surface area (Å²) in [5.41, 5.74) is 6.49. The van der Waals surface area contributed by atoms with E-state index in [9.17, 15) is 0 Å². The summed E-state index contributed by atoms with van der Waals surface area (Å²) in [6.07, 6.45) is 1.02. The summed E-state index contributed by atoms with van der Waals surface area (Å²) in [6.45, 7) is 5.98. The molecule has 2 nitrogen and oxygen atoms in total. The summed E-state index contributed by atoms with van der Waals surface area (Å²) in [4.78, 5) is 0. The second kappa shape index (κ2) is 4.96. The summed E-state index contributed by atoms with van der Waals surface area (Å²) in [6, 6.07) is 13.0. The van der Waals surface area contributed by atoms with Crippen LogP contribution in [0.25, 0.3) is 0 Å². The standard InChI is InChI=1S/C17H19NO/c1-12-3-4-14(9-13(12)2)11-18-16-5-6-17-15(10-16)7-8-19-17/h3-6,9-10,18H,7-8,11H2,1-2H3. The Labute approximate surface area is 114 Å². The molecule has 19 heavy (non-hydrogen) atoms. The third kappa shape index (κ3) is 2.58. The van der Waals surface area contributed by atoms with Crippen LogP contribution >= 0.6 is 0 Å². The average molecular weight is 253 g/mol. The van der Waals surface area contributed by atoms with Gasteiger partial charge in [0.15, 0.2) is 0 Å². The molecule has 1 aliphatic heterocycles. The number of rotatable bonds is 3. The molecule has 1 heterocycles. The van der Waals surface area contributed by atoms with Gasteiger partial charge >= 0.3 is 0 Å². The van der Waals surface area contributed by atoms with Crippen molar-refractivity contribution in [3.05, 3.63) is 58.7 Å². The molecule has 98 valence electrons. The zero-order chi connectivity index (χ0) is 13.2. The first-order chi connectivity index (χ1) is 9.22. The summed E-state index contributed by atoms with van der Waals surface area (Å²) in [5, 5.41) is 3.48. The van der Waals surface area contributed by atoms with Gasteiger partial charge in [-0.3, -0.25) is 0 Å². The first-order valence-corrected chi connectivity index (χ1v) is 6.78. The second-order valence-corrected chi connectivity index (χ2v) is 5.19. The predicted octanol–water partition coefficient (Wildman–Crippen LogP) is 3.85. The van der Waals surface area contributed by atoms with Gasteiger partial charge in [0.2, 0.25) is 0 Å². The Morgan fingerprint density at radius 2 is 1.95 bits per heavy atom. The van der Waals surface area contributed by atoms with Crippen LogP contribution in [0.5, 0.6) is 5.75 Å². The summed E-state index contributed by atoms with van der Waals surface area (Å²) in [7, 11) is 0. The number of benzene rings is 2. The van der Waals surface area contributed by atoms with E-state index in [4.69, 9.17) is 4.74 Å². The van der Waals surface area contributed by atoms with Gasteiger partial charge in [-0.25, -0.2) is 0 Å². The maximum atomic E-state index is 5.52. The topological polar surface area (TPSA) is 21.3 Å². The van der Waals surface area contributed by atoms with Crippen molar-refractivity contribution >= 4 is 5.69 Å². The lowest BCUT2D eigenvalue weighted by molar-refractivity contribution is 0.357.